The van der Waals surface area contributed by atoms with E-state index in [0.29, 0.717) is 0 Å². The summed E-state index contributed by atoms with van der Waals surface area (Å²) < 4.78 is 5.19. The van der Waals surface area contributed by atoms with Crippen molar-refractivity contribution in [1.29, 1.82) is 0 Å². The molecule has 2 atom stereocenters. The molecule has 8 heteroatoms. The Labute approximate surface area is 166 Å². The molecule has 0 unspecified atom stereocenters. The Morgan fingerprint density at radius 2 is 2.04 bits per heavy atom. The van der Waals surface area contributed by atoms with Gasteiger partial charge in [-0.3, -0.25) is 14.9 Å². The molecule has 0 spiro atoms. The van der Waals surface area contributed by atoms with Crippen LogP contribution in [0.5, 0.6) is 0 Å². The highest BCUT2D eigenvalue weighted by molar-refractivity contribution is 6.32. The SMILES string of the molecule is C[C@H](OC(=O)c1ccc(Cl)c([N+](=O)[O-])c1)C(=O)N[C@H]1CCCc2ccccc21. The van der Waals surface area contributed by atoms with Crippen LogP contribution in [0.15, 0.2) is 42.5 Å². The third kappa shape index (κ3) is 4.31. The Hall–Kier alpha value is -2.93. The number of nitrogens with zero attached hydrogens (tertiary/aromatic N) is 1. The summed E-state index contributed by atoms with van der Waals surface area (Å²) in [6.45, 7) is 1.46. The van der Waals surface area contributed by atoms with Gasteiger partial charge in [-0.25, -0.2) is 4.79 Å². The minimum absolute atomic E-state index is 0.0428. The molecule has 0 bridgehead atoms. The van der Waals surface area contributed by atoms with Crippen LogP contribution < -0.4 is 5.32 Å². The van der Waals surface area contributed by atoms with Crippen LogP contribution in [-0.4, -0.2) is 22.9 Å². The summed E-state index contributed by atoms with van der Waals surface area (Å²) in [5, 5.41) is 13.8. The van der Waals surface area contributed by atoms with Crippen molar-refractivity contribution in [1.82, 2.24) is 5.32 Å². The molecule has 1 N–H and O–H groups in total. The number of esters is 1. The van der Waals surface area contributed by atoms with Gasteiger partial charge in [0.15, 0.2) is 6.10 Å². The molecular formula is C20H19ClN2O5. The predicted molar refractivity (Wildman–Crippen MR) is 103 cm³/mol. The smallest absolute Gasteiger partial charge is 0.339 e. The fourth-order valence-corrected chi connectivity index (χ4v) is 3.44. The van der Waals surface area contributed by atoms with Crippen molar-refractivity contribution in [3.8, 4) is 0 Å². The van der Waals surface area contributed by atoms with Gasteiger partial charge < -0.3 is 10.1 Å². The molecule has 0 aromatic heterocycles. The van der Waals surface area contributed by atoms with Crippen molar-refractivity contribution in [3.63, 3.8) is 0 Å². The summed E-state index contributed by atoms with van der Waals surface area (Å²) in [4.78, 5) is 35.0. The number of carbonyl (C=O) groups is 2. The lowest BCUT2D eigenvalue weighted by Crippen LogP contribution is -2.39. The minimum atomic E-state index is -1.05. The number of nitro groups is 1. The van der Waals surface area contributed by atoms with Gasteiger partial charge in [0.2, 0.25) is 0 Å². The molecule has 1 amide bonds. The monoisotopic (exact) mass is 402 g/mol. The largest absolute Gasteiger partial charge is 0.449 e. The van der Waals surface area contributed by atoms with E-state index in [0.717, 1.165) is 30.9 Å². The quantitative estimate of drug-likeness (QED) is 0.463. The Kier molecular flexibility index (Phi) is 5.94. The van der Waals surface area contributed by atoms with E-state index < -0.39 is 28.6 Å². The van der Waals surface area contributed by atoms with Gasteiger partial charge in [0.25, 0.3) is 11.6 Å². The maximum Gasteiger partial charge on any atom is 0.339 e. The second-order valence-electron chi connectivity index (χ2n) is 6.62. The zero-order valence-corrected chi connectivity index (χ0v) is 15.9. The lowest BCUT2D eigenvalue weighted by molar-refractivity contribution is -0.384. The Bertz CT molecular complexity index is 931. The van der Waals surface area contributed by atoms with Crippen LogP contribution in [0.1, 0.15) is 47.3 Å². The number of fused-ring (bicyclic) bond motifs is 1. The number of amides is 1. The zero-order valence-electron chi connectivity index (χ0n) is 15.2. The topological polar surface area (TPSA) is 98.5 Å². The van der Waals surface area contributed by atoms with Crippen LogP contribution in [0, 0.1) is 10.1 Å². The van der Waals surface area contributed by atoms with E-state index in [1.807, 2.05) is 24.3 Å². The molecule has 0 aliphatic heterocycles. The molecule has 0 fully saturated rings. The summed E-state index contributed by atoms with van der Waals surface area (Å²) in [6, 6.07) is 11.4. The first-order valence-corrected chi connectivity index (χ1v) is 9.27. The Morgan fingerprint density at radius 3 is 2.79 bits per heavy atom. The van der Waals surface area contributed by atoms with Crippen LogP contribution in [0.25, 0.3) is 0 Å². The number of nitrogens with one attached hydrogen (secondary N) is 1. The number of carbonyl (C=O) groups excluding carboxylic acids is 2. The molecule has 1 aliphatic carbocycles. The van der Waals surface area contributed by atoms with Crippen LogP contribution in [0.4, 0.5) is 5.69 Å². The lowest BCUT2D eigenvalue weighted by Gasteiger charge is -2.27. The molecule has 1 aliphatic rings. The van der Waals surface area contributed by atoms with Gasteiger partial charge in [-0.2, -0.15) is 0 Å². The maximum atomic E-state index is 12.5. The number of aryl methyl sites for hydroxylation is 1. The maximum absolute atomic E-state index is 12.5. The van der Waals surface area contributed by atoms with Crippen LogP contribution in [0.3, 0.4) is 0 Å². The first kappa shape index (κ1) is 19.8. The summed E-state index contributed by atoms with van der Waals surface area (Å²) in [6.07, 6.45) is 1.70. The molecule has 3 rings (SSSR count). The standard InChI is InChI=1S/C20H19ClN2O5/c1-12(28-20(25)14-9-10-16(21)18(11-14)23(26)27)19(24)22-17-8-4-6-13-5-2-3-7-15(13)17/h2-3,5,7,9-12,17H,4,6,8H2,1H3,(H,22,24)/t12-,17-/m0/s1. The lowest BCUT2D eigenvalue weighted by atomic mass is 9.87. The molecule has 28 heavy (non-hydrogen) atoms. The summed E-state index contributed by atoms with van der Waals surface area (Å²) in [7, 11) is 0. The minimum Gasteiger partial charge on any atom is -0.449 e. The van der Waals surface area contributed by atoms with Crippen molar-refractivity contribution >= 4 is 29.2 Å². The molecular weight excluding hydrogens is 384 g/mol. The second kappa shape index (κ2) is 8.39. The number of nitro benzene ring substituents is 1. The number of halogens is 1. The fourth-order valence-electron chi connectivity index (χ4n) is 3.25. The number of hydrogen-bond acceptors (Lipinski definition) is 5. The second-order valence-corrected chi connectivity index (χ2v) is 7.03. The third-order valence-electron chi connectivity index (χ3n) is 4.72. The normalized spacial score (nSPS) is 16.6. The van der Waals surface area contributed by atoms with Crippen LogP contribution in [0.2, 0.25) is 5.02 Å². The Balaban J connectivity index is 1.66. The van der Waals surface area contributed by atoms with E-state index in [-0.39, 0.29) is 16.6 Å². The molecule has 0 heterocycles. The van der Waals surface area contributed by atoms with Gasteiger partial charge in [0, 0.05) is 6.07 Å². The first-order chi connectivity index (χ1) is 13.4. The highest BCUT2D eigenvalue weighted by Crippen LogP contribution is 2.29. The van der Waals surface area contributed by atoms with Crippen molar-refractivity contribution in [2.24, 2.45) is 0 Å². The van der Waals surface area contributed by atoms with Crippen molar-refractivity contribution in [2.45, 2.75) is 38.3 Å². The zero-order chi connectivity index (χ0) is 20.3. The number of hydrogen-bond donors (Lipinski definition) is 1. The number of benzene rings is 2. The molecule has 7 nitrogen and oxygen atoms in total. The molecule has 0 saturated heterocycles. The van der Waals surface area contributed by atoms with E-state index in [4.69, 9.17) is 16.3 Å². The third-order valence-corrected chi connectivity index (χ3v) is 5.04. The van der Waals surface area contributed by atoms with E-state index in [1.54, 1.807) is 0 Å². The average molecular weight is 403 g/mol. The average Bonchev–Trinajstić information content (AvgIpc) is 2.68. The molecule has 146 valence electrons. The van der Waals surface area contributed by atoms with E-state index in [1.165, 1.54) is 24.6 Å². The van der Waals surface area contributed by atoms with Crippen LogP contribution >= 0.6 is 11.6 Å². The van der Waals surface area contributed by atoms with E-state index in [2.05, 4.69) is 5.32 Å². The van der Waals surface area contributed by atoms with E-state index in [9.17, 15) is 19.7 Å². The van der Waals surface area contributed by atoms with Crippen molar-refractivity contribution in [2.75, 3.05) is 0 Å². The Morgan fingerprint density at radius 1 is 1.29 bits per heavy atom. The number of rotatable bonds is 5. The summed E-state index contributed by atoms with van der Waals surface area (Å²) in [5.74, 6) is -1.25. The van der Waals surface area contributed by atoms with E-state index >= 15 is 0 Å². The predicted octanol–water partition coefficient (Wildman–Crippen LogP) is 3.99. The number of ether oxygens (including phenoxy) is 1. The van der Waals surface area contributed by atoms with Crippen molar-refractivity contribution < 1.29 is 19.2 Å². The molecule has 2 aromatic rings. The van der Waals surface area contributed by atoms with Gasteiger partial charge in [0.1, 0.15) is 5.02 Å². The highest BCUT2D eigenvalue weighted by atomic mass is 35.5. The molecule has 2 aromatic carbocycles. The summed E-state index contributed by atoms with van der Waals surface area (Å²) in [5.41, 5.74) is 1.84. The van der Waals surface area contributed by atoms with Gasteiger partial charge >= 0.3 is 5.97 Å². The molecule has 0 saturated carbocycles. The molecule has 0 radical (unpaired) electrons. The van der Waals surface area contributed by atoms with Gasteiger partial charge in [-0.1, -0.05) is 35.9 Å². The summed E-state index contributed by atoms with van der Waals surface area (Å²) >= 11 is 5.74. The van der Waals surface area contributed by atoms with Gasteiger partial charge in [0.05, 0.1) is 16.5 Å². The van der Waals surface area contributed by atoms with Crippen LogP contribution in [-0.2, 0) is 16.0 Å². The highest BCUT2D eigenvalue weighted by Gasteiger charge is 2.26. The first-order valence-electron chi connectivity index (χ1n) is 8.90. The van der Waals surface area contributed by atoms with Gasteiger partial charge in [-0.05, 0) is 49.4 Å². The van der Waals surface area contributed by atoms with Gasteiger partial charge in [-0.15, -0.1) is 0 Å². The van der Waals surface area contributed by atoms with Crippen molar-refractivity contribution in [3.05, 3.63) is 74.3 Å². The fraction of sp³-hybridized carbons (Fsp3) is 0.300.